The summed E-state index contributed by atoms with van der Waals surface area (Å²) in [6.45, 7) is 5.53. The van der Waals surface area contributed by atoms with Crippen LogP contribution in [0, 0.1) is 0 Å². The van der Waals surface area contributed by atoms with E-state index in [2.05, 4.69) is 30.8 Å². The third-order valence-corrected chi connectivity index (χ3v) is 3.83. The van der Waals surface area contributed by atoms with E-state index in [1.54, 1.807) is 0 Å². The predicted molar refractivity (Wildman–Crippen MR) is 64.6 cm³/mol. The number of rotatable bonds is 3. The van der Waals surface area contributed by atoms with E-state index in [0.717, 1.165) is 32.5 Å². The topological polar surface area (TPSA) is 32.5 Å². The minimum absolute atomic E-state index is 0.0407. The molecule has 0 spiro atoms. The van der Waals surface area contributed by atoms with Crippen molar-refractivity contribution in [2.75, 3.05) is 33.7 Å². The molecular formula is C10H21N3S. The molecule has 0 radical (unpaired) electrons. The predicted octanol–water partition coefficient (Wildman–Crippen LogP) is 0.689. The second kappa shape index (κ2) is 4.55. The Hall–Kier alpha value is -0.190. The van der Waals surface area contributed by atoms with E-state index in [4.69, 9.17) is 18.0 Å². The first kappa shape index (κ1) is 11.9. The highest BCUT2D eigenvalue weighted by atomic mass is 32.1. The van der Waals surface area contributed by atoms with E-state index in [0.29, 0.717) is 4.99 Å². The molecule has 0 atom stereocenters. The minimum atomic E-state index is -0.0407. The van der Waals surface area contributed by atoms with Crippen molar-refractivity contribution in [1.29, 1.82) is 0 Å². The van der Waals surface area contributed by atoms with E-state index in [1.807, 2.05) is 0 Å². The molecule has 1 heterocycles. The van der Waals surface area contributed by atoms with E-state index in [1.165, 1.54) is 0 Å². The van der Waals surface area contributed by atoms with Crippen molar-refractivity contribution < 1.29 is 0 Å². The van der Waals surface area contributed by atoms with Crippen LogP contribution in [0.15, 0.2) is 0 Å². The fraction of sp³-hybridized carbons (Fsp3) is 0.900. The lowest BCUT2D eigenvalue weighted by Crippen LogP contribution is -2.59. The third kappa shape index (κ3) is 2.07. The maximum Gasteiger partial charge on any atom is 0.0934 e. The van der Waals surface area contributed by atoms with E-state index < -0.39 is 0 Å². The standard InChI is InChI=1S/C10H21N3S/c1-4-13-7-5-10(6-8-13,9(11)14)12(2)3/h4-8H2,1-3H3,(H2,11,14). The number of likely N-dealkylation sites (N-methyl/N-ethyl adjacent to an activating group) is 1. The van der Waals surface area contributed by atoms with Gasteiger partial charge >= 0.3 is 0 Å². The Morgan fingerprint density at radius 2 is 1.93 bits per heavy atom. The minimum Gasteiger partial charge on any atom is -0.392 e. The Balaban J connectivity index is 2.70. The van der Waals surface area contributed by atoms with Crippen molar-refractivity contribution >= 4 is 17.2 Å². The average molecular weight is 215 g/mol. The van der Waals surface area contributed by atoms with Gasteiger partial charge in [0.05, 0.1) is 10.5 Å². The number of nitrogens with two attached hydrogens (primary N) is 1. The number of likely N-dealkylation sites (tertiary alicyclic amines) is 1. The Bertz CT molecular complexity index is 207. The molecular weight excluding hydrogens is 194 g/mol. The largest absolute Gasteiger partial charge is 0.392 e. The molecule has 0 aromatic rings. The Kier molecular flexibility index (Phi) is 3.86. The molecule has 82 valence electrons. The average Bonchev–Trinajstić information content (AvgIpc) is 2.17. The Labute approximate surface area is 92.2 Å². The highest BCUT2D eigenvalue weighted by Crippen LogP contribution is 2.27. The summed E-state index contributed by atoms with van der Waals surface area (Å²) in [4.78, 5) is 5.28. The van der Waals surface area contributed by atoms with Crippen LogP contribution in [-0.2, 0) is 0 Å². The molecule has 1 aliphatic rings. The highest BCUT2D eigenvalue weighted by Gasteiger charge is 2.38. The summed E-state index contributed by atoms with van der Waals surface area (Å²) in [5.41, 5.74) is 5.82. The molecule has 14 heavy (non-hydrogen) atoms. The second-order valence-electron chi connectivity index (χ2n) is 4.22. The molecule has 3 nitrogen and oxygen atoms in total. The summed E-state index contributed by atoms with van der Waals surface area (Å²) in [5, 5.41) is 0. The van der Waals surface area contributed by atoms with Gasteiger partial charge < -0.3 is 10.6 Å². The van der Waals surface area contributed by atoms with Gasteiger partial charge in [-0.2, -0.15) is 0 Å². The molecule has 0 aliphatic carbocycles. The van der Waals surface area contributed by atoms with Crippen LogP contribution in [0.25, 0.3) is 0 Å². The quantitative estimate of drug-likeness (QED) is 0.702. The van der Waals surface area contributed by atoms with E-state index in [9.17, 15) is 0 Å². The van der Waals surface area contributed by atoms with Gasteiger partial charge in [-0.15, -0.1) is 0 Å². The normalized spacial score (nSPS) is 22.6. The monoisotopic (exact) mass is 215 g/mol. The van der Waals surface area contributed by atoms with Crippen molar-refractivity contribution in [3.63, 3.8) is 0 Å². The maximum atomic E-state index is 5.86. The molecule has 0 aromatic carbocycles. The summed E-state index contributed by atoms with van der Waals surface area (Å²) in [7, 11) is 4.14. The van der Waals surface area contributed by atoms with Gasteiger partial charge in [-0.1, -0.05) is 19.1 Å². The van der Waals surface area contributed by atoms with Gasteiger partial charge in [0.1, 0.15) is 0 Å². The summed E-state index contributed by atoms with van der Waals surface area (Å²) >= 11 is 5.20. The lowest BCUT2D eigenvalue weighted by atomic mass is 9.86. The molecule has 0 amide bonds. The molecule has 1 aliphatic heterocycles. The maximum absolute atomic E-state index is 5.86. The summed E-state index contributed by atoms with van der Waals surface area (Å²) in [6.07, 6.45) is 2.12. The third-order valence-electron chi connectivity index (χ3n) is 3.45. The summed E-state index contributed by atoms with van der Waals surface area (Å²) in [5.74, 6) is 0. The highest BCUT2D eigenvalue weighted by molar-refractivity contribution is 7.80. The number of hydrogen-bond donors (Lipinski definition) is 1. The Morgan fingerprint density at radius 3 is 2.21 bits per heavy atom. The first-order chi connectivity index (χ1) is 6.53. The molecule has 0 unspecified atom stereocenters. The number of hydrogen-bond acceptors (Lipinski definition) is 3. The van der Waals surface area contributed by atoms with Gasteiger partial charge in [0.25, 0.3) is 0 Å². The summed E-state index contributed by atoms with van der Waals surface area (Å²) < 4.78 is 0. The SMILES string of the molecule is CCN1CCC(C(N)=S)(N(C)C)CC1. The van der Waals surface area contributed by atoms with Crippen molar-refractivity contribution in [2.24, 2.45) is 5.73 Å². The zero-order valence-corrected chi connectivity index (χ0v) is 10.2. The van der Waals surface area contributed by atoms with Crippen LogP contribution in [0.4, 0.5) is 0 Å². The molecule has 0 aromatic heterocycles. The van der Waals surface area contributed by atoms with Crippen LogP contribution in [-0.4, -0.2) is 54.1 Å². The van der Waals surface area contributed by atoms with Crippen molar-refractivity contribution in [3.8, 4) is 0 Å². The van der Waals surface area contributed by atoms with Crippen LogP contribution in [0.5, 0.6) is 0 Å². The van der Waals surface area contributed by atoms with Gasteiger partial charge in [0.15, 0.2) is 0 Å². The van der Waals surface area contributed by atoms with Crippen LogP contribution in [0.3, 0.4) is 0 Å². The van der Waals surface area contributed by atoms with Crippen LogP contribution < -0.4 is 5.73 Å². The molecule has 1 saturated heterocycles. The van der Waals surface area contributed by atoms with Crippen molar-refractivity contribution in [1.82, 2.24) is 9.80 Å². The molecule has 0 bridgehead atoms. The zero-order valence-electron chi connectivity index (χ0n) is 9.42. The van der Waals surface area contributed by atoms with Crippen LogP contribution in [0.1, 0.15) is 19.8 Å². The van der Waals surface area contributed by atoms with Crippen molar-refractivity contribution in [3.05, 3.63) is 0 Å². The summed E-state index contributed by atoms with van der Waals surface area (Å²) in [6, 6.07) is 0. The van der Waals surface area contributed by atoms with Crippen LogP contribution in [0.2, 0.25) is 0 Å². The molecule has 2 N–H and O–H groups in total. The smallest absolute Gasteiger partial charge is 0.0934 e. The molecule has 4 heteroatoms. The first-order valence-electron chi connectivity index (χ1n) is 5.22. The molecule has 1 rings (SSSR count). The van der Waals surface area contributed by atoms with E-state index >= 15 is 0 Å². The van der Waals surface area contributed by atoms with Crippen molar-refractivity contribution in [2.45, 2.75) is 25.3 Å². The first-order valence-corrected chi connectivity index (χ1v) is 5.63. The van der Waals surface area contributed by atoms with Gasteiger partial charge in [0, 0.05) is 13.1 Å². The lowest BCUT2D eigenvalue weighted by Gasteiger charge is -2.45. The molecule has 1 fully saturated rings. The second-order valence-corrected chi connectivity index (χ2v) is 4.66. The molecule has 0 saturated carbocycles. The number of thiocarbonyl (C=S) groups is 1. The van der Waals surface area contributed by atoms with Gasteiger partial charge in [-0.25, -0.2) is 0 Å². The number of nitrogens with zero attached hydrogens (tertiary/aromatic N) is 2. The van der Waals surface area contributed by atoms with Gasteiger partial charge in [-0.05, 0) is 33.5 Å². The zero-order chi connectivity index (χ0) is 10.8. The fourth-order valence-electron chi connectivity index (χ4n) is 2.15. The number of piperidine rings is 1. The lowest BCUT2D eigenvalue weighted by molar-refractivity contribution is 0.111. The van der Waals surface area contributed by atoms with Gasteiger partial charge in [-0.3, -0.25) is 4.90 Å². The van der Waals surface area contributed by atoms with Gasteiger partial charge in [0.2, 0.25) is 0 Å². The van der Waals surface area contributed by atoms with Crippen LogP contribution >= 0.6 is 12.2 Å². The fourth-order valence-corrected chi connectivity index (χ4v) is 2.54. The van der Waals surface area contributed by atoms with E-state index in [-0.39, 0.29) is 5.54 Å². The Morgan fingerprint density at radius 1 is 1.43 bits per heavy atom.